The summed E-state index contributed by atoms with van der Waals surface area (Å²) >= 11 is 0. The van der Waals surface area contributed by atoms with E-state index in [2.05, 4.69) is 4.98 Å². The van der Waals surface area contributed by atoms with E-state index < -0.39 is 5.79 Å². The third kappa shape index (κ3) is 2.84. The van der Waals surface area contributed by atoms with E-state index in [1.807, 2.05) is 13.8 Å². The van der Waals surface area contributed by atoms with Crippen molar-refractivity contribution in [2.75, 3.05) is 18.9 Å². The van der Waals surface area contributed by atoms with Gasteiger partial charge in [0.2, 0.25) is 0 Å². The topological polar surface area (TPSA) is 66.6 Å². The van der Waals surface area contributed by atoms with Gasteiger partial charge in [-0.3, -0.25) is 0 Å². The van der Waals surface area contributed by atoms with Crippen molar-refractivity contribution in [2.45, 2.75) is 25.7 Å². The number of nitrogens with zero attached hydrogens (tertiary/aromatic N) is 1. The molecule has 0 bridgehead atoms. The number of nitrogens with two attached hydrogens (primary N) is 1. The quantitative estimate of drug-likeness (QED) is 0.835. The molecule has 1 aliphatic rings. The second kappa shape index (κ2) is 4.27. The zero-order valence-corrected chi connectivity index (χ0v) is 9.47. The molecule has 0 aromatic carbocycles. The highest BCUT2D eigenvalue weighted by atomic mass is 16.7. The van der Waals surface area contributed by atoms with Gasteiger partial charge in [0, 0.05) is 0 Å². The molecule has 2 N–H and O–H groups in total. The summed E-state index contributed by atoms with van der Waals surface area (Å²) in [5.74, 6) is 0.657. The number of pyridine rings is 1. The van der Waals surface area contributed by atoms with Crippen LogP contribution in [0.1, 0.15) is 13.8 Å². The molecule has 1 saturated heterocycles. The molecule has 16 heavy (non-hydrogen) atoms. The standard InChI is InChI=1S/C11H16N2O3/c1-11(2)15-7-9(16-11)6-14-8-3-4-10(12)13-5-8/h3-5,9H,6-7H2,1-2H3,(H2,12,13). The van der Waals surface area contributed by atoms with Gasteiger partial charge in [-0.2, -0.15) is 0 Å². The zero-order chi connectivity index (χ0) is 11.6. The normalized spacial score (nSPS) is 23.2. The van der Waals surface area contributed by atoms with Crippen LogP contribution in [0.4, 0.5) is 5.82 Å². The van der Waals surface area contributed by atoms with Gasteiger partial charge < -0.3 is 19.9 Å². The van der Waals surface area contributed by atoms with Crippen LogP contribution in [0.2, 0.25) is 0 Å². The highest BCUT2D eigenvalue weighted by molar-refractivity contribution is 5.32. The van der Waals surface area contributed by atoms with Crippen molar-refractivity contribution in [1.82, 2.24) is 4.98 Å². The van der Waals surface area contributed by atoms with Gasteiger partial charge in [-0.15, -0.1) is 0 Å². The molecule has 5 nitrogen and oxygen atoms in total. The lowest BCUT2D eigenvalue weighted by atomic mass is 10.4. The summed E-state index contributed by atoms with van der Waals surface area (Å²) in [6.45, 7) is 4.78. The van der Waals surface area contributed by atoms with Gasteiger partial charge in [-0.1, -0.05) is 0 Å². The summed E-state index contributed by atoms with van der Waals surface area (Å²) < 4.78 is 16.5. The minimum Gasteiger partial charge on any atom is -0.489 e. The van der Waals surface area contributed by atoms with Gasteiger partial charge in [0.1, 0.15) is 24.3 Å². The van der Waals surface area contributed by atoms with Crippen molar-refractivity contribution in [1.29, 1.82) is 0 Å². The Bertz CT molecular complexity index is 351. The van der Waals surface area contributed by atoms with Crippen LogP contribution in [0, 0.1) is 0 Å². The van der Waals surface area contributed by atoms with Crippen LogP contribution in [0.25, 0.3) is 0 Å². The summed E-state index contributed by atoms with van der Waals surface area (Å²) in [6, 6.07) is 3.48. The molecule has 1 aromatic heterocycles. The predicted molar refractivity (Wildman–Crippen MR) is 59.0 cm³/mol. The summed E-state index contributed by atoms with van der Waals surface area (Å²) in [5.41, 5.74) is 5.47. The largest absolute Gasteiger partial charge is 0.489 e. The highest BCUT2D eigenvalue weighted by Crippen LogP contribution is 2.22. The van der Waals surface area contributed by atoms with Crippen molar-refractivity contribution in [3.05, 3.63) is 18.3 Å². The van der Waals surface area contributed by atoms with Crippen LogP contribution in [0.5, 0.6) is 5.75 Å². The molecule has 5 heteroatoms. The van der Waals surface area contributed by atoms with E-state index in [4.69, 9.17) is 19.9 Å². The summed E-state index contributed by atoms with van der Waals surface area (Å²) in [5, 5.41) is 0. The molecule has 0 aliphatic carbocycles. The van der Waals surface area contributed by atoms with Crippen molar-refractivity contribution >= 4 is 5.82 Å². The Hall–Kier alpha value is -1.33. The fourth-order valence-corrected chi connectivity index (χ4v) is 1.51. The molecule has 0 radical (unpaired) electrons. The molecule has 1 atom stereocenters. The monoisotopic (exact) mass is 224 g/mol. The van der Waals surface area contributed by atoms with Crippen LogP contribution in [0.3, 0.4) is 0 Å². The predicted octanol–water partition coefficient (Wildman–Crippen LogP) is 1.19. The fourth-order valence-electron chi connectivity index (χ4n) is 1.51. The second-order valence-corrected chi connectivity index (χ2v) is 4.18. The number of hydrogen-bond acceptors (Lipinski definition) is 5. The number of hydrogen-bond donors (Lipinski definition) is 1. The van der Waals surface area contributed by atoms with E-state index in [0.29, 0.717) is 24.8 Å². The molecule has 1 fully saturated rings. The van der Waals surface area contributed by atoms with Gasteiger partial charge in [0.25, 0.3) is 0 Å². The first-order valence-corrected chi connectivity index (χ1v) is 5.21. The lowest BCUT2D eigenvalue weighted by Gasteiger charge is -2.17. The fraction of sp³-hybridized carbons (Fsp3) is 0.545. The van der Waals surface area contributed by atoms with Gasteiger partial charge in [0.05, 0.1) is 12.8 Å². The highest BCUT2D eigenvalue weighted by Gasteiger charge is 2.32. The van der Waals surface area contributed by atoms with Crippen molar-refractivity contribution in [3.8, 4) is 5.75 Å². The Balaban J connectivity index is 1.82. The lowest BCUT2D eigenvalue weighted by Crippen LogP contribution is -2.25. The maximum atomic E-state index is 5.60. The minimum absolute atomic E-state index is 0.0347. The van der Waals surface area contributed by atoms with Gasteiger partial charge in [0.15, 0.2) is 5.79 Å². The van der Waals surface area contributed by atoms with E-state index >= 15 is 0 Å². The van der Waals surface area contributed by atoms with Crippen molar-refractivity contribution in [2.24, 2.45) is 0 Å². The van der Waals surface area contributed by atoms with Crippen molar-refractivity contribution in [3.63, 3.8) is 0 Å². The summed E-state index contributed by atoms with van der Waals surface area (Å²) in [4.78, 5) is 3.93. The van der Waals surface area contributed by atoms with Gasteiger partial charge in [-0.05, 0) is 26.0 Å². The molecule has 2 rings (SSSR count). The van der Waals surface area contributed by atoms with E-state index in [9.17, 15) is 0 Å². The van der Waals surface area contributed by atoms with Crippen molar-refractivity contribution < 1.29 is 14.2 Å². The van der Waals surface area contributed by atoms with Gasteiger partial charge >= 0.3 is 0 Å². The molecule has 1 unspecified atom stereocenters. The molecule has 88 valence electrons. The zero-order valence-electron chi connectivity index (χ0n) is 9.47. The number of nitrogen functional groups attached to an aromatic ring is 1. The molecule has 0 spiro atoms. The molecule has 0 amide bonds. The molecule has 0 saturated carbocycles. The average Bonchev–Trinajstić information content (AvgIpc) is 2.58. The van der Waals surface area contributed by atoms with E-state index in [1.165, 1.54) is 0 Å². The Morgan fingerprint density at radius 3 is 2.94 bits per heavy atom. The van der Waals surface area contributed by atoms with Crippen LogP contribution < -0.4 is 10.5 Å². The molecule has 2 heterocycles. The second-order valence-electron chi connectivity index (χ2n) is 4.18. The van der Waals surface area contributed by atoms with Crippen LogP contribution in [-0.2, 0) is 9.47 Å². The molecular formula is C11H16N2O3. The third-order valence-electron chi connectivity index (χ3n) is 2.26. The van der Waals surface area contributed by atoms with Gasteiger partial charge in [-0.25, -0.2) is 4.98 Å². The number of aromatic nitrogens is 1. The molecule has 1 aliphatic heterocycles. The third-order valence-corrected chi connectivity index (χ3v) is 2.26. The Labute approximate surface area is 94.5 Å². The SMILES string of the molecule is CC1(C)OCC(COc2ccc(N)nc2)O1. The van der Waals surface area contributed by atoms with Crippen LogP contribution >= 0.6 is 0 Å². The minimum atomic E-state index is -0.507. The maximum absolute atomic E-state index is 5.60. The smallest absolute Gasteiger partial charge is 0.163 e. The number of anilines is 1. The first-order valence-electron chi connectivity index (χ1n) is 5.21. The first-order chi connectivity index (χ1) is 7.55. The lowest BCUT2D eigenvalue weighted by molar-refractivity contribution is -0.141. The van der Waals surface area contributed by atoms with Crippen LogP contribution in [0.15, 0.2) is 18.3 Å². The first kappa shape index (κ1) is 11.2. The van der Waals surface area contributed by atoms with E-state index in [-0.39, 0.29) is 6.10 Å². The molecule has 1 aromatic rings. The summed E-state index contributed by atoms with van der Waals surface area (Å²) in [7, 11) is 0. The Morgan fingerprint density at radius 1 is 1.56 bits per heavy atom. The maximum Gasteiger partial charge on any atom is 0.163 e. The van der Waals surface area contributed by atoms with Crippen LogP contribution in [-0.4, -0.2) is 30.1 Å². The van der Waals surface area contributed by atoms with E-state index in [1.54, 1.807) is 18.3 Å². The Morgan fingerprint density at radius 2 is 2.38 bits per heavy atom. The number of rotatable bonds is 3. The Kier molecular flexibility index (Phi) is 2.98. The molecular weight excluding hydrogens is 208 g/mol. The van der Waals surface area contributed by atoms with E-state index in [0.717, 1.165) is 0 Å². The average molecular weight is 224 g/mol. The number of ether oxygens (including phenoxy) is 3. The summed E-state index contributed by atoms with van der Waals surface area (Å²) in [6.07, 6.45) is 1.56.